The van der Waals surface area contributed by atoms with E-state index in [1.807, 2.05) is 30.3 Å². The van der Waals surface area contributed by atoms with Gasteiger partial charge in [-0.3, -0.25) is 0 Å². The molecule has 4 heteroatoms. The molecule has 2 aromatic carbocycles. The summed E-state index contributed by atoms with van der Waals surface area (Å²) in [6.45, 7) is 0.255. The van der Waals surface area contributed by atoms with Gasteiger partial charge in [-0.15, -0.1) is 0 Å². The lowest BCUT2D eigenvalue weighted by atomic mass is 10.2. The molecule has 0 heterocycles. The first-order chi connectivity index (χ1) is 9.65. The summed E-state index contributed by atoms with van der Waals surface area (Å²) in [6, 6.07) is 14.6. The molecule has 0 atom stereocenters. The van der Waals surface area contributed by atoms with Crippen LogP contribution in [0.25, 0.3) is 6.08 Å². The van der Waals surface area contributed by atoms with E-state index < -0.39 is 5.97 Å². The molecule has 20 heavy (non-hydrogen) atoms. The first kappa shape index (κ1) is 14.6. The molecule has 2 aromatic rings. The van der Waals surface area contributed by atoms with Gasteiger partial charge in [0, 0.05) is 6.08 Å². The summed E-state index contributed by atoms with van der Waals surface area (Å²) in [6.07, 6.45) is 3.00. The van der Waals surface area contributed by atoms with Gasteiger partial charge < -0.3 is 4.74 Å². The molecule has 0 saturated heterocycles. The highest BCUT2D eigenvalue weighted by molar-refractivity contribution is 6.42. The van der Waals surface area contributed by atoms with Gasteiger partial charge >= 0.3 is 5.97 Å². The van der Waals surface area contributed by atoms with Crippen LogP contribution in [0.15, 0.2) is 54.6 Å². The molecular formula is C16H12Cl2O2. The number of esters is 1. The fraction of sp³-hybridized carbons (Fsp3) is 0.0625. The van der Waals surface area contributed by atoms with E-state index in [9.17, 15) is 4.79 Å². The Bertz CT molecular complexity index is 622. The third-order valence-corrected chi connectivity index (χ3v) is 3.32. The van der Waals surface area contributed by atoms with Gasteiger partial charge in [0.25, 0.3) is 0 Å². The molecule has 0 aliphatic carbocycles. The van der Waals surface area contributed by atoms with Crippen molar-refractivity contribution in [3.05, 3.63) is 75.8 Å². The van der Waals surface area contributed by atoms with Crippen LogP contribution in [0, 0.1) is 0 Å². The number of hydrogen-bond donors (Lipinski definition) is 0. The number of hydrogen-bond acceptors (Lipinski definition) is 2. The molecule has 0 fully saturated rings. The van der Waals surface area contributed by atoms with E-state index in [1.165, 1.54) is 6.08 Å². The maximum atomic E-state index is 11.6. The minimum absolute atomic E-state index is 0.255. The lowest BCUT2D eigenvalue weighted by molar-refractivity contribution is -0.138. The molecule has 0 bridgehead atoms. The molecule has 0 saturated carbocycles. The van der Waals surface area contributed by atoms with Gasteiger partial charge in [0.05, 0.1) is 10.0 Å². The predicted molar refractivity (Wildman–Crippen MR) is 81.7 cm³/mol. The van der Waals surface area contributed by atoms with Crippen molar-refractivity contribution >= 4 is 35.2 Å². The van der Waals surface area contributed by atoms with Gasteiger partial charge in [0.1, 0.15) is 6.61 Å². The summed E-state index contributed by atoms with van der Waals surface area (Å²) in [5.41, 5.74) is 1.74. The van der Waals surface area contributed by atoms with Crippen molar-refractivity contribution < 1.29 is 9.53 Å². The van der Waals surface area contributed by atoms with Gasteiger partial charge in [-0.05, 0) is 29.3 Å². The number of carbonyl (C=O) groups is 1. The van der Waals surface area contributed by atoms with Crippen LogP contribution in [0.2, 0.25) is 10.0 Å². The summed E-state index contributed by atoms with van der Waals surface area (Å²) >= 11 is 11.7. The molecule has 102 valence electrons. The molecule has 0 spiro atoms. The largest absolute Gasteiger partial charge is 0.458 e. The Morgan fingerprint density at radius 3 is 2.50 bits per heavy atom. The molecule has 0 aliphatic heterocycles. The SMILES string of the molecule is O=C(C=Cc1ccc(Cl)c(Cl)c1)OCc1ccccc1. The smallest absolute Gasteiger partial charge is 0.331 e. The third kappa shape index (κ3) is 4.41. The molecule has 0 amide bonds. The van der Waals surface area contributed by atoms with Crippen molar-refractivity contribution in [1.82, 2.24) is 0 Å². The molecular weight excluding hydrogens is 295 g/mol. The molecule has 0 radical (unpaired) electrons. The molecule has 2 rings (SSSR count). The average molecular weight is 307 g/mol. The molecule has 0 aliphatic rings. The van der Waals surface area contributed by atoms with Crippen LogP contribution >= 0.6 is 23.2 Å². The minimum Gasteiger partial charge on any atom is -0.458 e. The van der Waals surface area contributed by atoms with E-state index in [1.54, 1.807) is 24.3 Å². The molecule has 0 N–H and O–H groups in total. The van der Waals surface area contributed by atoms with E-state index >= 15 is 0 Å². The lowest BCUT2D eigenvalue weighted by Crippen LogP contribution is -2.00. The van der Waals surface area contributed by atoms with Crippen molar-refractivity contribution in [2.24, 2.45) is 0 Å². The molecule has 0 unspecified atom stereocenters. The zero-order valence-electron chi connectivity index (χ0n) is 10.6. The Kier molecular flexibility index (Phi) is 5.22. The first-order valence-electron chi connectivity index (χ1n) is 5.99. The second kappa shape index (κ2) is 7.13. The number of carbonyl (C=O) groups excluding carboxylic acids is 1. The second-order valence-electron chi connectivity index (χ2n) is 4.10. The van der Waals surface area contributed by atoms with Crippen molar-refractivity contribution in [1.29, 1.82) is 0 Å². The summed E-state index contributed by atoms with van der Waals surface area (Å²) in [5.74, 6) is -0.403. The molecule has 2 nitrogen and oxygen atoms in total. The highest BCUT2D eigenvalue weighted by Crippen LogP contribution is 2.23. The summed E-state index contributed by atoms with van der Waals surface area (Å²) in [5, 5.41) is 0.932. The van der Waals surface area contributed by atoms with E-state index in [4.69, 9.17) is 27.9 Å². The topological polar surface area (TPSA) is 26.3 Å². The normalized spacial score (nSPS) is 10.7. The van der Waals surface area contributed by atoms with Crippen LogP contribution in [-0.2, 0) is 16.1 Å². The van der Waals surface area contributed by atoms with E-state index in [0.717, 1.165) is 11.1 Å². The zero-order chi connectivity index (χ0) is 14.4. The van der Waals surface area contributed by atoms with E-state index in [0.29, 0.717) is 10.0 Å². The predicted octanol–water partition coefficient (Wildman–Crippen LogP) is 4.75. The van der Waals surface area contributed by atoms with Crippen LogP contribution < -0.4 is 0 Å². The van der Waals surface area contributed by atoms with Gasteiger partial charge in [-0.1, -0.05) is 59.6 Å². The fourth-order valence-corrected chi connectivity index (χ4v) is 1.86. The maximum Gasteiger partial charge on any atom is 0.331 e. The minimum atomic E-state index is -0.403. The third-order valence-electron chi connectivity index (χ3n) is 2.58. The van der Waals surface area contributed by atoms with Crippen LogP contribution in [0.1, 0.15) is 11.1 Å². The fourth-order valence-electron chi connectivity index (χ4n) is 1.56. The van der Waals surface area contributed by atoms with Gasteiger partial charge in [0.2, 0.25) is 0 Å². The van der Waals surface area contributed by atoms with Gasteiger partial charge in [0.15, 0.2) is 0 Å². The van der Waals surface area contributed by atoms with Gasteiger partial charge in [-0.25, -0.2) is 4.79 Å². The maximum absolute atomic E-state index is 11.6. The van der Waals surface area contributed by atoms with E-state index in [-0.39, 0.29) is 6.61 Å². The Labute approximate surface area is 127 Å². The number of benzene rings is 2. The summed E-state index contributed by atoms with van der Waals surface area (Å²) < 4.78 is 5.12. The van der Waals surface area contributed by atoms with Crippen LogP contribution in [0.4, 0.5) is 0 Å². The lowest BCUT2D eigenvalue weighted by Gasteiger charge is -2.01. The quantitative estimate of drug-likeness (QED) is 0.602. The highest BCUT2D eigenvalue weighted by atomic mass is 35.5. The van der Waals surface area contributed by atoms with Crippen molar-refractivity contribution in [2.45, 2.75) is 6.61 Å². The summed E-state index contributed by atoms with van der Waals surface area (Å²) in [7, 11) is 0. The van der Waals surface area contributed by atoms with Crippen LogP contribution in [0.5, 0.6) is 0 Å². The number of rotatable bonds is 4. The average Bonchev–Trinajstić information content (AvgIpc) is 2.47. The monoisotopic (exact) mass is 306 g/mol. The first-order valence-corrected chi connectivity index (χ1v) is 6.74. The number of ether oxygens (including phenoxy) is 1. The highest BCUT2D eigenvalue weighted by Gasteiger charge is 2.00. The van der Waals surface area contributed by atoms with Crippen LogP contribution in [0.3, 0.4) is 0 Å². The van der Waals surface area contributed by atoms with Crippen molar-refractivity contribution in [3.63, 3.8) is 0 Å². The summed E-state index contributed by atoms with van der Waals surface area (Å²) in [4.78, 5) is 11.6. The molecule has 0 aromatic heterocycles. The Balaban J connectivity index is 1.90. The number of halogens is 2. The Morgan fingerprint density at radius 1 is 1.05 bits per heavy atom. The standard InChI is InChI=1S/C16H12Cl2O2/c17-14-8-6-12(10-15(14)18)7-9-16(19)20-11-13-4-2-1-3-5-13/h1-10H,11H2. The van der Waals surface area contributed by atoms with Crippen molar-refractivity contribution in [2.75, 3.05) is 0 Å². The van der Waals surface area contributed by atoms with Crippen LogP contribution in [-0.4, -0.2) is 5.97 Å². The second-order valence-corrected chi connectivity index (χ2v) is 4.91. The Morgan fingerprint density at radius 2 is 1.80 bits per heavy atom. The van der Waals surface area contributed by atoms with Gasteiger partial charge in [-0.2, -0.15) is 0 Å². The Hall–Kier alpha value is -1.77. The van der Waals surface area contributed by atoms with E-state index in [2.05, 4.69) is 0 Å². The van der Waals surface area contributed by atoms with Crippen molar-refractivity contribution in [3.8, 4) is 0 Å². The zero-order valence-corrected chi connectivity index (χ0v) is 12.1.